The Balaban J connectivity index is 1.69. The number of hydrogen-bond acceptors (Lipinski definition) is 6. The van der Waals surface area contributed by atoms with Gasteiger partial charge in [-0.1, -0.05) is 56.4 Å². The molecular formula is C21H30N4O3S2. The van der Waals surface area contributed by atoms with Crippen molar-refractivity contribution in [2.24, 2.45) is 0 Å². The van der Waals surface area contributed by atoms with E-state index in [1.54, 1.807) is 25.2 Å². The molecule has 0 unspecified atom stereocenters. The zero-order chi connectivity index (χ0) is 21.6. The van der Waals surface area contributed by atoms with Crippen molar-refractivity contribution in [3.05, 3.63) is 34.8 Å². The molecule has 1 heterocycles. The highest BCUT2D eigenvalue weighted by Crippen LogP contribution is 2.27. The fourth-order valence-electron chi connectivity index (χ4n) is 3.71. The van der Waals surface area contributed by atoms with Gasteiger partial charge in [0.1, 0.15) is 5.01 Å². The summed E-state index contributed by atoms with van der Waals surface area (Å²) in [5, 5.41) is 12.2. The summed E-state index contributed by atoms with van der Waals surface area (Å²) in [6.07, 6.45) is 9.20. The van der Waals surface area contributed by atoms with Crippen LogP contribution in [0.4, 0.5) is 5.13 Å². The molecule has 1 saturated carbocycles. The Morgan fingerprint density at radius 1 is 1.20 bits per heavy atom. The first-order valence-electron chi connectivity index (χ1n) is 10.6. The zero-order valence-electron chi connectivity index (χ0n) is 17.6. The third kappa shape index (κ3) is 5.65. The Hall–Kier alpha value is -1.84. The van der Waals surface area contributed by atoms with E-state index in [9.17, 15) is 13.2 Å². The maximum atomic E-state index is 13.1. The number of benzene rings is 1. The average Bonchev–Trinajstić information content (AvgIpc) is 3.21. The van der Waals surface area contributed by atoms with Crippen LogP contribution in [0.1, 0.15) is 73.7 Å². The summed E-state index contributed by atoms with van der Waals surface area (Å²) >= 11 is 1.36. The minimum absolute atomic E-state index is 0.0220. The van der Waals surface area contributed by atoms with E-state index in [2.05, 4.69) is 22.4 Å². The van der Waals surface area contributed by atoms with Crippen LogP contribution in [0.3, 0.4) is 0 Å². The molecule has 0 radical (unpaired) electrons. The van der Waals surface area contributed by atoms with E-state index < -0.39 is 10.0 Å². The molecular weight excluding hydrogens is 420 g/mol. The maximum absolute atomic E-state index is 13.1. The van der Waals surface area contributed by atoms with Gasteiger partial charge in [0, 0.05) is 25.1 Å². The second-order valence-corrected chi connectivity index (χ2v) is 10.8. The predicted octanol–water partition coefficient (Wildman–Crippen LogP) is 4.48. The molecule has 1 amide bonds. The first-order chi connectivity index (χ1) is 14.4. The third-order valence-corrected chi connectivity index (χ3v) is 8.35. The first-order valence-corrected chi connectivity index (χ1v) is 12.9. The molecule has 0 atom stereocenters. The van der Waals surface area contributed by atoms with Gasteiger partial charge in [0.2, 0.25) is 15.2 Å². The summed E-state index contributed by atoms with van der Waals surface area (Å²) in [7, 11) is -2.01. The van der Waals surface area contributed by atoms with Gasteiger partial charge < -0.3 is 0 Å². The van der Waals surface area contributed by atoms with Gasteiger partial charge in [-0.15, -0.1) is 10.2 Å². The zero-order valence-corrected chi connectivity index (χ0v) is 19.3. The topological polar surface area (TPSA) is 92.3 Å². The van der Waals surface area contributed by atoms with Crippen LogP contribution in [0.15, 0.2) is 29.2 Å². The quantitative estimate of drug-likeness (QED) is 0.569. The molecule has 2 aromatic rings. The van der Waals surface area contributed by atoms with Crippen molar-refractivity contribution < 1.29 is 13.2 Å². The van der Waals surface area contributed by atoms with E-state index in [1.165, 1.54) is 21.7 Å². The van der Waals surface area contributed by atoms with Gasteiger partial charge in [-0.05, 0) is 37.5 Å². The molecule has 0 saturated heterocycles. The molecule has 1 fully saturated rings. The minimum Gasteiger partial charge on any atom is -0.296 e. The highest BCUT2D eigenvalue weighted by Gasteiger charge is 2.29. The van der Waals surface area contributed by atoms with Crippen molar-refractivity contribution in [2.45, 2.75) is 75.6 Å². The first kappa shape index (κ1) is 22.8. The van der Waals surface area contributed by atoms with Gasteiger partial charge in [0.25, 0.3) is 5.91 Å². The van der Waals surface area contributed by atoms with Crippen LogP contribution in [-0.2, 0) is 16.4 Å². The van der Waals surface area contributed by atoms with Gasteiger partial charge >= 0.3 is 0 Å². The summed E-state index contributed by atoms with van der Waals surface area (Å²) in [5.41, 5.74) is 0.288. The number of carbonyl (C=O) groups excluding carboxylic acids is 1. The van der Waals surface area contributed by atoms with Crippen LogP contribution in [0, 0.1) is 0 Å². The maximum Gasteiger partial charge on any atom is 0.257 e. The standard InChI is InChI=1S/C21H30N4O3S2/c1-3-4-6-14-19-23-24-21(29-19)22-20(26)16-10-9-13-18(15-16)30(27,28)25(2)17-11-7-5-8-12-17/h9-10,13,15,17H,3-8,11-12,14H2,1-2H3,(H,22,24,26). The Labute approximate surface area is 183 Å². The average molecular weight is 451 g/mol. The minimum atomic E-state index is -3.65. The summed E-state index contributed by atoms with van der Waals surface area (Å²) < 4.78 is 27.6. The summed E-state index contributed by atoms with van der Waals surface area (Å²) in [6.45, 7) is 2.15. The highest BCUT2D eigenvalue weighted by atomic mass is 32.2. The van der Waals surface area contributed by atoms with Gasteiger partial charge in [0.05, 0.1) is 4.90 Å². The monoisotopic (exact) mass is 450 g/mol. The Morgan fingerprint density at radius 3 is 2.70 bits per heavy atom. The SMILES string of the molecule is CCCCCc1nnc(NC(=O)c2cccc(S(=O)(=O)N(C)C3CCCCC3)c2)s1. The fourth-order valence-corrected chi connectivity index (χ4v) is 5.94. The molecule has 9 heteroatoms. The van der Waals surface area contributed by atoms with Crippen molar-refractivity contribution in [3.63, 3.8) is 0 Å². The number of rotatable bonds is 9. The summed E-state index contributed by atoms with van der Waals surface area (Å²) in [5.74, 6) is -0.386. The van der Waals surface area contributed by atoms with Crippen molar-refractivity contribution in [1.82, 2.24) is 14.5 Å². The van der Waals surface area contributed by atoms with E-state index in [-0.39, 0.29) is 22.4 Å². The van der Waals surface area contributed by atoms with Gasteiger partial charge in [0.15, 0.2) is 0 Å². The molecule has 1 N–H and O–H groups in total. The van der Waals surface area contributed by atoms with Gasteiger partial charge in [-0.2, -0.15) is 4.31 Å². The number of unbranched alkanes of at least 4 members (excludes halogenated alkanes) is 2. The lowest BCUT2D eigenvalue weighted by molar-refractivity contribution is 0.102. The van der Waals surface area contributed by atoms with Crippen LogP contribution in [-0.4, -0.2) is 41.9 Å². The Kier molecular flexibility index (Phi) is 7.96. The Morgan fingerprint density at radius 2 is 1.97 bits per heavy atom. The lowest BCUT2D eigenvalue weighted by atomic mass is 9.96. The number of amides is 1. The molecule has 7 nitrogen and oxygen atoms in total. The predicted molar refractivity (Wildman–Crippen MR) is 119 cm³/mol. The highest BCUT2D eigenvalue weighted by molar-refractivity contribution is 7.89. The van der Waals surface area contributed by atoms with Crippen molar-refractivity contribution in [3.8, 4) is 0 Å². The van der Waals surface area contributed by atoms with E-state index in [1.807, 2.05) is 0 Å². The van der Waals surface area contributed by atoms with Crippen molar-refractivity contribution in [1.29, 1.82) is 0 Å². The lowest BCUT2D eigenvalue weighted by Gasteiger charge is -2.30. The fraction of sp³-hybridized carbons (Fsp3) is 0.571. The van der Waals surface area contributed by atoms with Crippen LogP contribution < -0.4 is 5.32 Å². The lowest BCUT2D eigenvalue weighted by Crippen LogP contribution is -2.38. The van der Waals surface area contributed by atoms with Crippen molar-refractivity contribution >= 4 is 32.4 Å². The number of sulfonamides is 1. The molecule has 1 aliphatic carbocycles. The third-order valence-electron chi connectivity index (χ3n) is 5.54. The van der Waals surface area contributed by atoms with Crippen LogP contribution in [0.2, 0.25) is 0 Å². The van der Waals surface area contributed by atoms with E-state index in [0.717, 1.165) is 62.8 Å². The smallest absolute Gasteiger partial charge is 0.257 e. The molecule has 1 aromatic heterocycles. The molecule has 0 spiro atoms. The van der Waals surface area contributed by atoms with Crippen molar-refractivity contribution in [2.75, 3.05) is 12.4 Å². The Bertz CT molecular complexity index is 953. The number of nitrogens with zero attached hydrogens (tertiary/aromatic N) is 3. The number of hydrogen-bond donors (Lipinski definition) is 1. The molecule has 0 aliphatic heterocycles. The second-order valence-electron chi connectivity index (χ2n) is 7.75. The molecule has 164 valence electrons. The van der Waals surface area contributed by atoms with Gasteiger partial charge in [-0.3, -0.25) is 10.1 Å². The molecule has 3 rings (SSSR count). The van der Waals surface area contributed by atoms with Crippen LogP contribution in [0.5, 0.6) is 0 Å². The number of aromatic nitrogens is 2. The number of anilines is 1. The van der Waals surface area contributed by atoms with Crippen LogP contribution in [0.25, 0.3) is 0 Å². The number of nitrogens with one attached hydrogen (secondary N) is 1. The van der Waals surface area contributed by atoms with Gasteiger partial charge in [-0.25, -0.2) is 8.42 Å². The number of aryl methyl sites for hydroxylation is 1. The summed E-state index contributed by atoms with van der Waals surface area (Å²) in [6, 6.07) is 6.22. The van der Waals surface area contributed by atoms with E-state index in [4.69, 9.17) is 0 Å². The molecule has 0 bridgehead atoms. The van der Waals surface area contributed by atoms with E-state index in [0.29, 0.717) is 5.13 Å². The normalized spacial score (nSPS) is 15.4. The molecule has 30 heavy (non-hydrogen) atoms. The van der Waals surface area contributed by atoms with Crippen LogP contribution >= 0.6 is 11.3 Å². The largest absolute Gasteiger partial charge is 0.296 e. The second kappa shape index (κ2) is 10.5. The number of carbonyl (C=O) groups is 1. The molecule has 1 aromatic carbocycles. The molecule has 1 aliphatic rings. The van der Waals surface area contributed by atoms with E-state index >= 15 is 0 Å². The summed E-state index contributed by atoms with van der Waals surface area (Å²) in [4.78, 5) is 12.8.